The van der Waals surface area contributed by atoms with Gasteiger partial charge in [0, 0.05) is 29.9 Å². The maximum Gasteiger partial charge on any atom is 0.0701 e. The lowest BCUT2D eigenvalue weighted by molar-refractivity contribution is 0.580. The molecule has 2 heterocycles. The second kappa shape index (κ2) is 6.56. The van der Waals surface area contributed by atoms with Crippen molar-refractivity contribution >= 4 is 27.3 Å². The Morgan fingerprint density at radius 2 is 2.10 bits per heavy atom. The van der Waals surface area contributed by atoms with Crippen LogP contribution in [0.1, 0.15) is 23.4 Å². The van der Waals surface area contributed by atoms with Gasteiger partial charge in [-0.3, -0.25) is 0 Å². The van der Waals surface area contributed by atoms with E-state index in [4.69, 9.17) is 0 Å². The van der Waals surface area contributed by atoms with Crippen molar-refractivity contribution in [3.8, 4) is 5.69 Å². The number of benzene rings is 1. The van der Waals surface area contributed by atoms with E-state index in [-0.39, 0.29) is 0 Å². The van der Waals surface area contributed by atoms with Gasteiger partial charge in [-0.15, -0.1) is 11.3 Å². The summed E-state index contributed by atoms with van der Waals surface area (Å²) in [4.78, 5) is 1.33. The highest BCUT2D eigenvalue weighted by Crippen LogP contribution is 2.27. The molecule has 0 aliphatic carbocycles. The van der Waals surface area contributed by atoms with E-state index < -0.39 is 0 Å². The molecule has 0 fully saturated rings. The fourth-order valence-corrected chi connectivity index (χ4v) is 3.67. The molecule has 0 saturated heterocycles. The summed E-state index contributed by atoms with van der Waals surface area (Å²) in [5, 5.41) is 7.90. The van der Waals surface area contributed by atoms with Crippen LogP contribution in [-0.4, -0.2) is 9.78 Å². The number of thiophene rings is 1. The smallest absolute Gasteiger partial charge is 0.0701 e. The number of para-hydroxylation sites is 1. The minimum Gasteiger partial charge on any atom is -0.305 e. The number of aromatic nitrogens is 2. The molecule has 1 N–H and O–H groups in total. The van der Waals surface area contributed by atoms with Gasteiger partial charge in [0.05, 0.1) is 9.47 Å². The molecule has 3 nitrogen and oxygen atoms in total. The maximum absolute atomic E-state index is 4.32. The lowest BCUT2D eigenvalue weighted by Crippen LogP contribution is -2.18. The van der Waals surface area contributed by atoms with Gasteiger partial charge in [0.15, 0.2) is 0 Å². The van der Waals surface area contributed by atoms with Crippen molar-refractivity contribution in [1.29, 1.82) is 0 Å². The first kappa shape index (κ1) is 14.5. The number of nitrogens with zero attached hydrogens (tertiary/aromatic N) is 2. The monoisotopic (exact) mass is 361 g/mol. The van der Waals surface area contributed by atoms with Gasteiger partial charge in [0.1, 0.15) is 0 Å². The zero-order chi connectivity index (χ0) is 14.7. The Balaban J connectivity index is 1.74. The summed E-state index contributed by atoms with van der Waals surface area (Å²) in [5.74, 6) is 0. The topological polar surface area (TPSA) is 29.9 Å². The molecule has 0 radical (unpaired) electrons. The summed E-state index contributed by atoms with van der Waals surface area (Å²) in [7, 11) is 0. The molecule has 21 heavy (non-hydrogen) atoms. The first-order chi connectivity index (χ1) is 10.2. The standard InChI is InChI=1S/C16H16BrN3S/c1-12(15-7-8-16(17)21-15)18-11-13-5-2-3-6-14(13)20-10-4-9-19-20/h2-10,12,18H,11H2,1H3. The second-order valence-electron chi connectivity index (χ2n) is 4.82. The van der Waals surface area contributed by atoms with Crippen molar-refractivity contribution in [3.63, 3.8) is 0 Å². The Kier molecular flexibility index (Phi) is 4.53. The first-order valence-electron chi connectivity index (χ1n) is 6.80. The Labute approximate surface area is 136 Å². The third-order valence-electron chi connectivity index (χ3n) is 3.36. The molecule has 0 aliphatic rings. The fourth-order valence-electron chi connectivity index (χ4n) is 2.22. The zero-order valence-electron chi connectivity index (χ0n) is 11.7. The molecule has 0 saturated carbocycles. The third kappa shape index (κ3) is 3.43. The number of nitrogens with one attached hydrogen (secondary N) is 1. The quantitative estimate of drug-likeness (QED) is 0.722. The van der Waals surface area contributed by atoms with Crippen LogP contribution in [0.5, 0.6) is 0 Å². The average molecular weight is 362 g/mol. The molecule has 3 aromatic rings. The van der Waals surface area contributed by atoms with Crippen LogP contribution in [0.3, 0.4) is 0 Å². The van der Waals surface area contributed by atoms with E-state index in [2.05, 4.69) is 63.6 Å². The normalized spacial score (nSPS) is 12.5. The SMILES string of the molecule is CC(NCc1ccccc1-n1cccn1)c1ccc(Br)s1. The van der Waals surface area contributed by atoms with E-state index in [1.165, 1.54) is 14.2 Å². The molecular formula is C16H16BrN3S. The van der Waals surface area contributed by atoms with E-state index >= 15 is 0 Å². The van der Waals surface area contributed by atoms with E-state index in [1.54, 1.807) is 17.5 Å². The van der Waals surface area contributed by atoms with Gasteiger partial charge in [-0.1, -0.05) is 18.2 Å². The Morgan fingerprint density at radius 3 is 2.81 bits per heavy atom. The van der Waals surface area contributed by atoms with Gasteiger partial charge < -0.3 is 5.32 Å². The van der Waals surface area contributed by atoms with E-state index in [0.717, 1.165) is 12.2 Å². The van der Waals surface area contributed by atoms with Crippen LogP contribution >= 0.6 is 27.3 Å². The molecule has 0 amide bonds. The molecule has 0 spiro atoms. The summed E-state index contributed by atoms with van der Waals surface area (Å²) in [6.07, 6.45) is 3.77. The Hall–Kier alpha value is -1.43. The summed E-state index contributed by atoms with van der Waals surface area (Å²) in [6, 6.07) is 14.9. The summed E-state index contributed by atoms with van der Waals surface area (Å²) < 4.78 is 3.08. The number of hydrogen-bond donors (Lipinski definition) is 1. The summed E-state index contributed by atoms with van der Waals surface area (Å²) in [5.41, 5.74) is 2.36. The predicted octanol–water partition coefficient (Wildman–Crippen LogP) is 4.55. The van der Waals surface area contributed by atoms with Crippen molar-refractivity contribution in [1.82, 2.24) is 15.1 Å². The highest BCUT2D eigenvalue weighted by molar-refractivity contribution is 9.11. The molecule has 108 valence electrons. The predicted molar refractivity (Wildman–Crippen MR) is 90.8 cm³/mol. The molecule has 0 bridgehead atoms. The minimum atomic E-state index is 0.326. The van der Waals surface area contributed by atoms with Gasteiger partial charge in [-0.25, -0.2) is 4.68 Å². The zero-order valence-corrected chi connectivity index (χ0v) is 14.1. The van der Waals surface area contributed by atoms with Crippen molar-refractivity contribution in [2.75, 3.05) is 0 Å². The van der Waals surface area contributed by atoms with Crippen LogP contribution in [0.15, 0.2) is 58.6 Å². The molecular weight excluding hydrogens is 346 g/mol. The van der Waals surface area contributed by atoms with Crippen LogP contribution in [0, 0.1) is 0 Å². The van der Waals surface area contributed by atoms with Gasteiger partial charge >= 0.3 is 0 Å². The number of rotatable bonds is 5. The lowest BCUT2D eigenvalue weighted by Gasteiger charge is -2.14. The van der Waals surface area contributed by atoms with Crippen molar-refractivity contribution in [2.24, 2.45) is 0 Å². The highest BCUT2D eigenvalue weighted by Gasteiger charge is 2.09. The molecule has 0 aliphatic heterocycles. The summed E-state index contributed by atoms with van der Waals surface area (Å²) >= 11 is 5.28. The van der Waals surface area contributed by atoms with Crippen LogP contribution in [0.2, 0.25) is 0 Å². The number of hydrogen-bond acceptors (Lipinski definition) is 3. The molecule has 2 aromatic heterocycles. The van der Waals surface area contributed by atoms with Gasteiger partial charge in [0.25, 0.3) is 0 Å². The Morgan fingerprint density at radius 1 is 1.24 bits per heavy atom. The van der Waals surface area contributed by atoms with Gasteiger partial charge in [-0.2, -0.15) is 5.10 Å². The van der Waals surface area contributed by atoms with Crippen LogP contribution in [0.4, 0.5) is 0 Å². The summed E-state index contributed by atoms with van der Waals surface area (Å²) in [6.45, 7) is 3.00. The average Bonchev–Trinajstić information content (AvgIpc) is 3.16. The molecule has 1 aromatic carbocycles. The molecule has 1 unspecified atom stereocenters. The highest BCUT2D eigenvalue weighted by atomic mass is 79.9. The van der Waals surface area contributed by atoms with Crippen LogP contribution < -0.4 is 5.32 Å². The lowest BCUT2D eigenvalue weighted by atomic mass is 10.1. The molecule has 5 heteroatoms. The fraction of sp³-hybridized carbons (Fsp3) is 0.188. The van der Waals surface area contributed by atoms with E-state index in [0.29, 0.717) is 6.04 Å². The minimum absolute atomic E-state index is 0.326. The van der Waals surface area contributed by atoms with E-state index in [1.807, 2.05) is 23.0 Å². The van der Waals surface area contributed by atoms with Crippen LogP contribution in [0.25, 0.3) is 5.69 Å². The van der Waals surface area contributed by atoms with Crippen molar-refractivity contribution in [2.45, 2.75) is 19.5 Å². The third-order valence-corrected chi connectivity index (χ3v) is 5.17. The largest absolute Gasteiger partial charge is 0.305 e. The van der Waals surface area contributed by atoms with Crippen LogP contribution in [-0.2, 0) is 6.54 Å². The van der Waals surface area contributed by atoms with E-state index in [9.17, 15) is 0 Å². The number of halogens is 1. The Bertz CT molecular complexity index is 706. The first-order valence-corrected chi connectivity index (χ1v) is 8.41. The maximum atomic E-state index is 4.32. The molecule has 3 rings (SSSR count). The molecule has 1 atom stereocenters. The van der Waals surface area contributed by atoms with Crippen molar-refractivity contribution < 1.29 is 0 Å². The van der Waals surface area contributed by atoms with Crippen molar-refractivity contribution in [3.05, 3.63) is 69.1 Å². The van der Waals surface area contributed by atoms with Gasteiger partial charge in [-0.05, 0) is 52.7 Å². The van der Waals surface area contributed by atoms with Gasteiger partial charge in [0.2, 0.25) is 0 Å². The second-order valence-corrected chi connectivity index (χ2v) is 7.32.